The van der Waals surface area contributed by atoms with E-state index in [1.54, 1.807) is 0 Å². The summed E-state index contributed by atoms with van der Waals surface area (Å²) in [5.74, 6) is 1.51. The van der Waals surface area contributed by atoms with Crippen molar-refractivity contribution < 1.29 is 13.6 Å². The average molecular weight is 946 g/mol. The maximum absolute atomic E-state index is 7.08. The van der Waals surface area contributed by atoms with Crippen LogP contribution in [0.5, 0.6) is 5.75 Å². The molecule has 4 aliphatic carbocycles. The minimum absolute atomic E-state index is 0.223. The second-order valence-corrected chi connectivity index (χ2v) is 23.4. The Bertz CT molecular complexity index is 4270. The van der Waals surface area contributed by atoms with Crippen LogP contribution in [-0.4, -0.2) is 6.10 Å². The van der Waals surface area contributed by atoms with Gasteiger partial charge in [-0.25, -0.2) is 0 Å². The van der Waals surface area contributed by atoms with Gasteiger partial charge in [0, 0.05) is 83.5 Å². The number of aryl methyl sites for hydroxylation is 1. The highest BCUT2D eigenvalue weighted by atomic mass is 16.5. The Balaban J connectivity index is 0.916. The summed E-state index contributed by atoms with van der Waals surface area (Å²) < 4.78 is 20.8. The lowest BCUT2D eigenvalue weighted by atomic mass is 9.72. The van der Waals surface area contributed by atoms with Crippen molar-refractivity contribution in [2.75, 3.05) is 4.90 Å². The number of anilines is 3. The van der Waals surface area contributed by atoms with Gasteiger partial charge in [-0.05, 0) is 148 Å². The number of hydrogen-bond acceptors (Lipinski definition) is 4. The van der Waals surface area contributed by atoms with Gasteiger partial charge in [-0.15, -0.1) is 0 Å². The molecule has 0 saturated heterocycles. The molecule has 2 unspecified atom stereocenters. The zero-order chi connectivity index (χ0) is 49.0. The van der Waals surface area contributed by atoms with Crippen molar-refractivity contribution in [2.24, 2.45) is 0 Å². The smallest absolute Gasteiger partial charge is 0.144 e. The van der Waals surface area contributed by atoms with Crippen molar-refractivity contribution in [3.63, 3.8) is 0 Å². The van der Waals surface area contributed by atoms with Crippen LogP contribution in [0, 0.1) is 6.92 Å². The van der Waals surface area contributed by atoms with E-state index in [9.17, 15) is 0 Å². The minimum atomic E-state index is -0.358. The number of para-hydroxylation sites is 2. The molecular weight excluding hydrogens is 891 g/mol. The summed E-state index contributed by atoms with van der Waals surface area (Å²) in [6.07, 6.45) is 3.72. The first kappa shape index (κ1) is 41.8. The van der Waals surface area contributed by atoms with Gasteiger partial charge in [-0.2, -0.15) is 0 Å². The highest BCUT2D eigenvalue weighted by molar-refractivity contribution is 6.21. The number of nitrogens with zero attached hydrogens (tertiary/aromatic N) is 1. The van der Waals surface area contributed by atoms with Gasteiger partial charge < -0.3 is 18.5 Å². The lowest BCUT2D eigenvalue weighted by Crippen LogP contribution is -2.24. The molecule has 0 N–H and O–H groups in total. The van der Waals surface area contributed by atoms with Crippen LogP contribution in [0.3, 0.4) is 0 Å². The molecule has 2 atom stereocenters. The first-order valence-corrected chi connectivity index (χ1v) is 26.5. The van der Waals surface area contributed by atoms with Crippen molar-refractivity contribution in [3.05, 3.63) is 202 Å². The maximum Gasteiger partial charge on any atom is 0.144 e. The number of benzene rings is 9. The summed E-state index contributed by atoms with van der Waals surface area (Å²) >= 11 is 0. The largest absolute Gasteiger partial charge is 0.489 e. The normalized spacial score (nSPS) is 18.6. The van der Waals surface area contributed by atoms with Crippen LogP contribution < -0.4 is 9.64 Å². The first-order valence-electron chi connectivity index (χ1n) is 26.5. The molecule has 0 spiro atoms. The van der Waals surface area contributed by atoms with E-state index >= 15 is 0 Å². The Morgan fingerprint density at radius 3 is 1.85 bits per heavy atom. The van der Waals surface area contributed by atoms with Crippen molar-refractivity contribution in [1.82, 2.24) is 0 Å². The molecule has 3 heterocycles. The Labute approximate surface area is 425 Å². The molecule has 354 valence electrons. The summed E-state index contributed by atoms with van der Waals surface area (Å²) in [6.45, 7) is 16.8. The third kappa shape index (κ3) is 5.31. The van der Waals surface area contributed by atoms with Gasteiger partial charge in [0.25, 0.3) is 0 Å². The molecule has 1 saturated carbocycles. The SMILES string of the molecule is Cc1ccc(-c2cc3c(c4c2OC2CCCC42)-c2ccc(N(c4ccc5c(c4)C(C)(C)c4c6c(c7c(oc8ccccc87)c4-5)-c4ccccc4C6(C)C)c4ccc5c(c4)oc4ccccc45)cc2C3(C)C)cc1. The van der Waals surface area contributed by atoms with E-state index in [0.29, 0.717) is 5.92 Å². The van der Waals surface area contributed by atoms with Gasteiger partial charge in [-0.1, -0.05) is 144 Å². The molecule has 2 aromatic heterocycles. The third-order valence-electron chi connectivity index (χ3n) is 18.4. The fourth-order valence-corrected chi connectivity index (χ4v) is 15.0. The molecule has 1 aliphatic heterocycles. The highest BCUT2D eigenvalue weighted by Gasteiger charge is 2.50. The van der Waals surface area contributed by atoms with E-state index in [2.05, 4.69) is 211 Å². The van der Waals surface area contributed by atoms with E-state index in [1.807, 2.05) is 0 Å². The van der Waals surface area contributed by atoms with Crippen molar-refractivity contribution in [1.29, 1.82) is 0 Å². The Morgan fingerprint density at radius 1 is 0.466 bits per heavy atom. The molecule has 1 fully saturated rings. The molecule has 0 amide bonds. The van der Waals surface area contributed by atoms with E-state index in [4.69, 9.17) is 13.6 Å². The van der Waals surface area contributed by atoms with Crippen LogP contribution in [0.4, 0.5) is 17.1 Å². The van der Waals surface area contributed by atoms with Crippen LogP contribution in [0.15, 0.2) is 167 Å². The number of hydrogen-bond donors (Lipinski definition) is 0. The zero-order valence-electron chi connectivity index (χ0n) is 42.5. The average Bonchev–Trinajstić information content (AvgIpc) is 4.30. The topological polar surface area (TPSA) is 38.8 Å². The lowest BCUT2D eigenvalue weighted by Gasteiger charge is -2.32. The molecule has 0 radical (unpaired) electrons. The van der Waals surface area contributed by atoms with Crippen molar-refractivity contribution in [3.8, 4) is 50.3 Å². The summed E-state index contributed by atoms with van der Waals surface area (Å²) in [5, 5.41) is 4.65. The standard InChI is InChI=1S/C69H55NO3/c1-37-23-25-38(26-24-37)49-36-53-58(60-48-18-14-22-56(48)72-65(49)60)45-31-28-39(33-51(45)67(53,2)3)70(41-27-30-43-42-15-9-12-20-54(42)71-57(43)35-41)40-29-32-46-52(34-40)69(6,7)64-62(46)66-61(47-17-10-13-21-55(47)73-66)59-44-16-8-11-19-50(44)68(4,5)63(59)64/h8-13,15-17,19-21,23-36,48,56H,14,18,22H2,1-7H3. The zero-order valence-corrected chi connectivity index (χ0v) is 42.5. The van der Waals surface area contributed by atoms with Gasteiger partial charge in [0.05, 0.1) is 0 Å². The van der Waals surface area contributed by atoms with Crippen LogP contribution in [0.25, 0.3) is 88.4 Å². The molecule has 5 aliphatic rings. The lowest BCUT2D eigenvalue weighted by molar-refractivity contribution is 0.226. The van der Waals surface area contributed by atoms with Gasteiger partial charge in [-0.3, -0.25) is 0 Å². The molecule has 4 heteroatoms. The second-order valence-electron chi connectivity index (χ2n) is 23.4. The third-order valence-corrected chi connectivity index (χ3v) is 18.4. The number of furan rings is 2. The summed E-state index contributed by atoms with van der Waals surface area (Å²) in [5.41, 5.74) is 27.3. The predicted molar refractivity (Wildman–Crippen MR) is 300 cm³/mol. The van der Waals surface area contributed by atoms with Crippen LogP contribution in [0.2, 0.25) is 0 Å². The molecule has 0 bridgehead atoms. The van der Waals surface area contributed by atoms with E-state index < -0.39 is 0 Å². The number of fused-ring (bicyclic) bond motifs is 22. The highest BCUT2D eigenvalue weighted by Crippen LogP contribution is 2.65. The van der Waals surface area contributed by atoms with Crippen LogP contribution in [-0.2, 0) is 16.2 Å². The Morgan fingerprint density at radius 2 is 1.07 bits per heavy atom. The Kier molecular flexibility index (Phi) is 8.02. The van der Waals surface area contributed by atoms with Gasteiger partial charge >= 0.3 is 0 Å². The van der Waals surface area contributed by atoms with E-state index in [-0.39, 0.29) is 22.3 Å². The van der Waals surface area contributed by atoms with E-state index in [1.165, 1.54) is 113 Å². The van der Waals surface area contributed by atoms with E-state index in [0.717, 1.165) is 62.3 Å². The van der Waals surface area contributed by atoms with Gasteiger partial charge in [0.2, 0.25) is 0 Å². The molecule has 11 aromatic rings. The first-order chi connectivity index (χ1) is 35.4. The second kappa shape index (κ2) is 14.0. The monoisotopic (exact) mass is 945 g/mol. The quantitative estimate of drug-likeness (QED) is 0.176. The van der Waals surface area contributed by atoms with Gasteiger partial charge in [0.1, 0.15) is 34.2 Å². The maximum atomic E-state index is 7.08. The van der Waals surface area contributed by atoms with Crippen molar-refractivity contribution in [2.45, 2.75) is 96.0 Å². The molecule has 4 nitrogen and oxygen atoms in total. The van der Waals surface area contributed by atoms with Crippen molar-refractivity contribution >= 4 is 60.9 Å². The fourth-order valence-electron chi connectivity index (χ4n) is 15.0. The predicted octanol–water partition coefficient (Wildman–Crippen LogP) is 18.9. The fraction of sp³-hybridized carbons (Fsp3) is 0.217. The molecule has 16 rings (SSSR count). The van der Waals surface area contributed by atoms with Crippen LogP contribution in [0.1, 0.15) is 111 Å². The minimum Gasteiger partial charge on any atom is -0.489 e. The Hall–Kier alpha value is -7.82. The molecular formula is C69H55NO3. The summed E-state index contributed by atoms with van der Waals surface area (Å²) in [6, 6.07) is 58.9. The summed E-state index contributed by atoms with van der Waals surface area (Å²) in [7, 11) is 0. The number of ether oxygens (including phenoxy) is 1. The number of rotatable bonds is 4. The molecule has 73 heavy (non-hydrogen) atoms. The summed E-state index contributed by atoms with van der Waals surface area (Å²) in [4.78, 5) is 2.48. The molecule has 9 aromatic carbocycles. The van der Waals surface area contributed by atoms with Gasteiger partial charge in [0.15, 0.2) is 0 Å². The van der Waals surface area contributed by atoms with Crippen LogP contribution >= 0.6 is 0 Å².